The molecule has 0 atom stereocenters. The van der Waals surface area contributed by atoms with Gasteiger partial charge in [-0.2, -0.15) is 5.10 Å². The van der Waals surface area contributed by atoms with Crippen LogP contribution in [0.1, 0.15) is 63.8 Å². The first-order valence-electron chi connectivity index (χ1n) is 12.0. The van der Waals surface area contributed by atoms with Crippen molar-refractivity contribution in [2.75, 3.05) is 5.32 Å². The molecule has 0 spiro atoms. The van der Waals surface area contributed by atoms with Gasteiger partial charge in [-0.3, -0.25) is 9.48 Å². The van der Waals surface area contributed by atoms with Crippen LogP contribution >= 0.6 is 0 Å². The summed E-state index contributed by atoms with van der Waals surface area (Å²) in [6.07, 6.45) is 0. The number of carbonyl (C=O) groups is 1. The van der Waals surface area contributed by atoms with Gasteiger partial charge < -0.3 is 10.1 Å². The van der Waals surface area contributed by atoms with Crippen molar-refractivity contribution in [1.29, 1.82) is 0 Å². The number of rotatable bonds is 8. The van der Waals surface area contributed by atoms with Crippen molar-refractivity contribution < 1.29 is 9.53 Å². The summed E-state index contributed by atoms with van der Waals surface area (Å²) in [6.45, 7) is 11.4. The molecule has 0 aliphatic heterocycles. The van der Waals surface area contributed by atoms with E-state index in [9.17, 15) is 4.79 Å². The Hall–Kier alpha value is -3.86. The predicted octanol–water partition coefficient (Wildman–Crippen LogP) is 6.81. The van der Waals surface area contributed by atoms with Crippen LogP contribution in [0.3, 0.4) is 0 Å². The lowest BCUT2D eigenvalue weighted by Gasteiger charge is -2.11. The molecule has 1 N–H and O–H groups in total. The van der Waals surface area contributed by atoms with Gasteiger partial charge in [-0.05, 0) is 73.2 Å². The quantitative estimate of drug-likeness (QED) is 0.310. The molecule has 3 aromatic carbocycles. The van der Waals surface area contributed by atoms with Crippen molar-refractivity contribution in [2.45, 2.75) is 53.7 Å². The number of nitrogens with zero attached hydrogens (tertiary/aromatic N) is 2. The second-order valence-electron chi connectivity index (χ2n) is 9.30. The fraction of sp³-hybridized carbons (Fsp3) is 0.267. The number of nitrogens with one attached hydrogen (secondary N) is 1. The summed E-state index contributed by atoms with van der Waals surface area (Å²) in [4.78, 5) is 13.1. The smallest absolute Gasteiger partial charge is 0.255 e. The molecule has 5 heteroatoms. The molecule has 1 heterocycles. The second kappa shape index (κ2) is 10.6. The Balaban J connectivity index is 1.43. The minimum atomic E-state index is -0.158. The molecule has 1 amide bonds. The maximum Gasteiger partial charge on any atom is 0.255 e. The Morgan fingerprint density at radius 1 is 0.971 bits per heavy atom. The van der Waals surface area contributed by atoms with Gasteiger partial charge in [-0.15, -0.1) is 0 Å². The summed E-state index contributed by atoms with van der Waals surface area (Å²) >= 11 is 0. The Morgan fingerprint density at radius 2 is 1.71 bits per heavy atom. The maximum atomic E-state index is 13.1. The van der Waals surface area contributed by atoms with Gasteiger partial charge in [-0.1, -0.05) is 62.4 Å². The normalized spacial score (nSPS) is 11.0. The van der Waals surface area contributed by atoms with Crippen molar-refractivity contribution in [1.82, 2.24) is 9.78 Å². The zero-order chi connectivity index (χ0) is 24.9. The van der Waals surface area contributed by atoms with Crippen LogP contribution in [0.25, 0.3) is 0 Å². The minimum Gasteiger partial charge on any atom is -0.489 e. The standard InChI is InChI=1S/C30H33N3O2/c1-20(2)25-13-15-28(16-14-25)35-19-24-10-8-12-26(17-24)30(34)31-29-22(4)32-33(23(29)5)18-27-11-7-6-9-21(27)3/h6-17,20H,18-19H2,1-5H3,(H,31,34). The highest BCUT2D eigenvalue weighted by molar-refractivity contribution is 6.05. The number of anilines is 1. The fourth-order valence-electron chi connectivity index (χ4n) is 4.08. The van der Waals surface area contributed by atoms with Crippen LogP contribution < -0.4 is 10.1 Å². The molecular weight excluding hydrogens is 434 g/mol. The van der Waals surface area contributed by atoms with Crippen molar-refractivity contribution in [3.63, 3.8) is 0 Å². The molecule has 0 fully saturated rings. The number of aryl methyl sites for hydroxylation is 2. The molecule has 4 rings (SSSR count). The average molecular weight is 468 g/mol. The predicted molar refractivity (Wildman–Crippen MR) is 141 cm³/mol. The number of hydrogen-bond donors (Lipinski definition) is 1. The first-order valence-corrected chi connectivity index (χ1v) is 12.0. The number of ether oxygens (including phenoxy) is 1. The minimum absolute atomic E-state index is 0.158. The number of benzene rings is 3. The number of hydrogen-bond acceptors (Lipinski definition) is 3. The van der Waals surface area contributed by atoms with Crippen LogP contribution in [0.15, 0.2) is 72.8 Å². The van der Waals surface area contributed by atoms with Crippen LogP contribution in [-0.4, -0.2) is 15.7 Å². The van der Waals surface area contributed by atoms with Crippen molar-refractivity contribution in [2.24, 2.45) is 0 Å². The highest BCUT2D eigenvalue weighted by Crippen LogP contribution is 2.23. The summed E-state index contributed by atoms with van der Waals surface area (Å²) in [5.41, 5.74) is 7.74. The van der Waals surface area contributed by atoms with E-state index in [1.54, 1.807) is 0 Å². The lowest BCUT2D eigenvalue weighted by Crippen LogP contribution is -2.14. The van der Waals surface area contributed by atoms with Crippen molar-refractivity contribution in [3.05, 3.63) is 112 Å². The first-order chi connectivity index (χ1) is 16.8. The van der Waals surface area contributed by atoms with E-state index in [0.29, 0.717) is 24.6 Å². The molecule has 0 aliphatic rings. The SMILES string of the molecule is Cc1ccccc1Cn1nc(C)c(NC(=O)c2cccc(COc3ccc(C(C)C)cc3)c2)c1C. The zero-order valence-corrected chi connectivity index (χ0v) is 21.1. The van der Waals surface area contributed by atoms with Crippen molar-refractivity contribution >= 4 is 11.6 Å². The monoisotopic (exact) mass is 467 g/mol. The molecule has 0 radical (unpaired) electrons. The van der Waals surface area contributed by atoms with Crippen molar-refractivity contribution in [3.8, 4) is 5.75 Å². The Labute approximate surface area is 207 Å². The Morgan fingerprint density at radius 3 is 2.43 bits per heavy atom. The highest BCUT2D eigenvalue weighted by atomic mass is 16.5. The fourth-order valence-corrected chi connectivity index (χ4v) is 4.08. The summed E-state index contributed by atoms with van der Waals surface area (Å²) in [5, 5.41) is 7.74. The van der Waals surface area contributed by atoms with Crippen LogP contribution in [0.2, 0.25) is 0 Å². The molecule has 1 aromatic heterocycles. The zero-order valence-electron chi connectivity index (χ0n) is 21.1. The third kappa shape index (κ3) is 5.80. The van der Waals surface area contributed by atoms with Gasteiger partial charge in [0.05, 0.1) is 23.6 Å². The summed E-state index contributed by atoms with van der Waals surface area (Å²) in [6, 6.07) is 24.0. The summed E-state index contributed by atoms with van der Waals surface area (Å²) in [5.74, 6) is 1.15. The van der Waals surface area contributed by atoms with E-state index in [1.165, 1.54) is 16.7 Å². The number of carbonyl (C=O) groups excluding carboxylic acids is 1. The molecule has 4 aromatic rings. The lowest BCUT2D eigenvalue weighted by molar-refractivity contribution is 0.102. The largest absolute Gasteiger partial charge is 0.489 e. The average Bonchev–Trinajstić information content (AvgIpc) is 3.12. The van der Waals surface area contributed by atoms with E-state index in [1.807, 2.05) is 67.1 Å². The van der Waals surface area contributed by atoms with Crippen LogP contribution in [0.4, 0.5) is 5.69 Å². The third-order valence-electron chi connectivity index (χ3n) is 6.34. The lowest BCUT2D eigenvalue weighted by atomic mass is 10.0. The molecule has 35 heavy (non-hydrogen) atoms. The maximum absolute atomic E-state index is 13.1. The van der Waals surface area contributed by atoms with Gasteiger partial charge in [0.1, 0.15) is 12.4 Å². The molecule has 5 nitrogen and oxygen atoms in total. The van der Waals surface area contributed by atoms with Gasteiger partial charge in [0.15, 0.2) is 0 Å². The van der Waals surface area contributed by atoms with E-state index < -0.39 is 0 Å². The molecule has 0 unspecified atom stereocenters. The van der Waals surface area contributed by atoms with Gasteiger partial charge in [0, 0.05) is 5.56 Å². The molecule has 0 aliphatic carbocycles. The van der Waals surface area contributed by atoms with Gasteiger partial charge in [0.2, 0.25) is 0 Å². The van der Waals surface area contributed by atoms with Crippen LogP contribution in [0, 0.1) is 20.8 Å². The second-order valence-corrected chi connectivity index (χ2v) is 9.30. The van der Waals surface area contributed by atoms with Crippen LogP contribution in [0.5, 0.6) is 5.75 Å². The van der Waals surface area contributed by atoms with E-state index >= 15 is 0 Å². The molecular formula is C30H33N3O2. The third-order valence-corrected chi connectivity index (χ3v) is 6.34. The van der Waals surface area contributed by atoms with E-state index in [4.69, 9.17) is 4.74 Å². The van der Waals surface area contributed by atoms with Gasteiger partial charge in [0.25, 0.3) is 5.91 Å². The first kappa shape index (κ1) is 24.3. The van der Waals surface area contributed by atoms with Crippen LogP contribution in [-0.2, 0) is 13.2 Å². The highest BCUT2D eigenvalue weighted by Gasteiger charge is 2.16. The van der Waals surface area contributed by atoms with Gasteiger partial charge >= 0.3 is 0 Å². The summed E-state index contributed by atoms with van der Waals surface area (Å²) < 4.78 is 7.89. The van der Waals surface area contributed by atoms with E-state index in [-0.39, 0.29) is 5.91 Å². The van der Waals surface area contributed by atoms with E-state index in [0.717, 1.165) is 28.4 Å². The van der Waals surface area contributed by atoms with E-state index in [2.05, 4.69) is 55.5 Å². The summed E-state index contributed by atoms with van der Waals surface area (Å²) in [7, 11) is 0. The molecule has 0 saturated heterocycles. The topological polar surface area (TPSA) is 56.2 Å². The molecule has 180 valence electrons. The Kier molecular flexibility index (Phi) is 7.35. The number of aromatic nitrogens is 2. The number of amides is 1. The van der Waals surface area contributed by atoms with Gasteiger partial charge in [-0.25, -0.2) is 0 Å². The Bertz CT molecular complexity index is 1320. The molecule has 0 bridgehead atoms. The molecule has 0 saturated carbocycles.